The molecule has 0 radical (unpaired) electrons. The van der Waals surface area contributed by atoms with Crippen LogP contribution in [-0.2, 0) is 26.6 Å². The van der Waals surface area contributed by atoms with Crippen molar-refractivity contribution in [3.8, 4) is 0 Å². The molecule has 2 atom stereocenters. The smallest absolute Gasteiger partial charge is 0.376 e. The summed E-state index contributed by atoms with van der Waals surface area (Å²) in [5.41, 5.74) is 0. The molecule has 0 aliphatic rings. The molecule has 0 N–H and O–H groups in total. The molecule has 182 valence electrons. The van der Waals surface area contributed by atoms with Crippen LogP contribution in [0.5, 0.6) is 0 Å². The third-order valence-electron chi connectivity index (χ3n) is 4.97. The zero-order valence-corrected chi connectivity index (χ0v) is 25.2. The van der Waals surface area contributed by atoms with Gasteiger partial charge in [-0.05, 0) is 32.5 Å². The minimum absolute atomic E-state index is 0.190. The molecule has 0 aromatic heterocycles. The Bertz CT molecular complexity index is 354. The number of hydrogen-bond acceptors (Lipinski definition) is 10. The maximum atomic E-state index is 5.77. The summed E-state index contributed by atoms with van der Waals surface area (Å²) in [6, 6.07) is 0. The predicted molar refractivity (Wildman–Crippen MR) is 140 cm³/mol. The lowest BCUT2D eigenvalue weighted by Gasteiger charge is -2.32. The fourth-order valence-electron chi connectivity index (χ4n) is 3.14. The van der Waals surface area contributed by atoms with E-state index in [2.05, 4.69) is 13.8 Å². The molecule has 2 unspecified atom stereocenters. The third-order valence-corrected chi connectivity index (χ3v) is 20.6. The molecule has 0 saturated heterocycles. The molecule has 0 bridgehead atoms. The van der Waals surface area contributed by atoms with Crippen molar-refractivity contribution in [1.82, 2.24) is 0 Å². The van der Waals surface area contributed by atoms with E-state index < -0.39 is 17.6 Å². The molecule has 0 aromatic rings. The quantitative estimate of drug-likeness (QED) is 0.0932. The normalized spacial score (nSPS) is 14.8. The van der Waals surface area contributed by atoms with Gasteiger partial charge < -0.3 is 26.6 Å². The lowest BCUT2D eigenvalue weighted by atomic mass is 10.2. The van der Waals surface area contributed by atoms with Gasteiger partial charge in [0.25, 0.3) is 0 Å². The van der Waals surface area contributed by atoms with E-state index in [9.17, 15) is 0 Å². The average molecular weight is 539 g/mol. The molecule has 0 aliphatic heterocycles. The highest BCUT2D eigenvalue weighted by molar-refractivity contribution is 9.26. The summed E-state index contributed by atoms with van der Waals surface area (Å²) in [5, 5.41) is 0. The van der Waals surface area contributed by atoms with Gasteiger partial charge in [0, 0.05) is 42.7 Å². The van der Waals surface area contributed by atoms with Gasteiger partial charge in [0.1, 0.15) is 0 Å². The summed E-state index contributed by atoms with van der Waals surface area (Å²) in [4.78, 5) is 0.380. The Morgan fingerprint density at radius 2 is 0.833 bits per heavy atom. The van der Waals surface area contributed by atoms with Gasteiger partial charge in [-0.15, -0.1) is 0 Å². The molecule has 6 nitrogen and oxygen atoms in total. The molecule has 0 rings (SSSR count). The summed E-state index contributed by atoms with van der Waals surface area (Å²) in [7, 11) is 11.9. The second kappa shape index (κ2) is 19.0. The van der Waals surface area contributed by atoms with Crippen LogP contribution < -0.4 is 0 Å². The first kappa shape index (κ1) is 31.6. The van der Waals surface area contributed by atoms with Crippen molar-refractivity contribution in [2.24, 2.45) is 0 Å². The van der Waals surface area contributed by atoms with Crippen molar-refractivity contribution in [3.63, 3.8) is 0 Å². The Labute approximate surface area is 202 Å². The lowest BCUT2D eigenvalue weighted by Crippen LogP contribution is -2.52. The van der Waals surface area contributed by atoms with Gasteiger partial charge in [-0.1, -0.05) is 74.0 Å². The molecule has 0 heterocycles. The molecule has 30 heavy (non-hydrogen) atoms. The van der Waals surface area contributed by atoms with E-state index >= 15 is 0 Å². The Morgan fingerprint density at radius 1 is 0.533 bits per heavy atom. The van der Waals surface area contributed by atoms with Gasteiger partial charge >= 0.3 is 17.6 Å². The van der Waals surface area contributed by atoms with Gasteiger partial charge in [-0.3, -0.25) is 0 Å². The fraction of sp³-hybridized carbons (Fsp3) is 1.00. The Morgan fingerprint density at radius 3 is 1.07 bits per heavy atom. The van der Waals surface area contributed by atoms with Crippen LogP contribution in [0.2, 0.25) is 0 Å². The van der Waals surface area contributed by atoms with Gasteiger partial charge in [0.2, 0.25) is 0 Å². The van der Waals surface area contributed by atoms with Crippen LogP contribution in [0.4, 0.5) is 0 Å². The van der Waals surface area contributed by atoms with Crippen LogP contribution >= 0.6 is 41.2 Å². The van der Waals surface area contributed by atoms with Crippen LogP contribution in [-0.4, -0.2) is 70.0 Å². The van der Waals surface area contributed by atoms with Crippen molar-refractivity contribution in [2.75, 3.05) is 42.7 Å². The zero-order valence-electron chi connectivity index (χ0n) is 19.9. The molecule has 0 amide bonds. The summed E-state index contributed by atoms with van der Waals surface area (Å²) in [6.45, 7) is 4.43. The summed E-state index contributed by atoms with van der Waals surface area (Å²) >= 11 is 0. The van der Waals surface area contributed by atoms with Gasteiger partial charge in [-0.2, -0.15) is 0 Å². The SMILES string of the molecule is CCCCCC(SSSSC(CCCCC)[Si](OC)(OC)OC)[Si](OC)(OC)OC. The van der Waals surface area contributed by atoms with E-state index in [1.165, 1.54) is 25.7 Å². The fourth-order valence-corrected chi connectivity index (χ4v) is 19.9. The molecule has 0 saturated carbocycles. The maximum absolute atomic E-state index is 5.77. The number of unbranched alkanes of at least 4 members (excludes halogenated alkanes) is 4. The number of hydrogen-bond donors (Lipinski definition) is 0. The molecular formula is C18H42O6S4Si2. The Hall–Kier alpha value is 1.59. The lowest BCUT2D eigenvalue weighted by molar-refractivity contribution is 0.120. The van der Waals surface area contributed by atoms with E-state index in [1.807, 2.05) is 0 Å². The van der Waals surface area contributed by atoms with E-state index in [0.29, 0.717) is 0 Å². The van der Waals surface area contributed by atoms with Crippen LogP contribution in [0.3, 0.4) is 0 Å². The molecule has 12 heteroatoms. The van der Waals surface area contributed by atoms with Crippen LogP contribution in [0.15, 0.2) is 0 Å². The van der Waals surface area contributed by atoms with Crippen LogP contribution in [0.25, 0.3) is 0 Å². The first-order valence-corrected chi connectivity index (χ1v) is 19.0. The highest BCUT2D eigenvalue weighted by Crippen LogP contribution is 2.51. The first-order valence-electron chi connectivity index (χ1n) is 10.5. The maximum Gasteiger partial charge on any atom is 0.514 e. The van der Waals surface area contributed by atoms with Crippen LogP contribution in [0, 0.1) is 0 Å². The Kier molecular flexibility index (Phi) is 20.0. The second-order valence-electron chi connectivity index (χ2n) is 6.73. The molecular weight excluding hydrogens is 497 g/mol. The van der Waals surface area contributed by atoms with Gasteiger partial charge in [0.15, 0.2) is 0 Å². The van der Waals surface area contributed by atoms with Crippen molar-refractivity contribution < 1.29 is 26.6 Å². The Balaban J connectivity index is 5.00. The van der Waals surface area contributed by atoms with Gasteiger partial charge in [0.05, 0.1) is 9.75 Å². The topological polar surface area (TPSA) is 55.4 Å². The number of rotatable bonds is 21. The zero-order chi connectivity index (χ0) is 22.9. The van der Waals surface area contributed by atoms with Crippen molar-refractivity contribution in [2.45, 2.75) is 75.0 Å². The van der Waals surface area contributed by atoms with Gasteiger partial charge in [-0.25, -0.2) is 0 Å². The van der Waals surface area contributed by atoms with Crippen molar-refractivity contribution >= 4 is 58.8 Å². The van der Waals surface area contributed by atoms with E-state index in [-0.39, 0.29) is 9.75 Å². The van der Waals surface area contributed by atoms with Crippen molar-refractivity contribution in [1.29, 1.82) is 0 Å². The van der Waals surface area contributed by atoms with E-state index in [1.54, 1.807) is 83.9 Å². The molecule has 0 fully saturated rings. The second-order valence-corrected chi connectivity index (χ2v) is 20.0. The first-order chi connectivity index (χ1) is 14.5. The van der Waals surface area contributed by atoms with Crippen molar-refractivity contribution in [3.05, 3.63) is 0 Å². The summed E-state index contributed by atoms with van der Waals surface area (Å²) < 4.78 is 34.6. The van der Waals surface area contributed by atoms with Crippen LogP contribution in [0.1, 0.15) is 65.2 Å². The minimum atomic E-state index is -2.70. The van der Waals surface area contributed by atoms with E-state index in [4.69, 9.17) is 26.6 Å². The van der Waals surface area contributed by atoms with E-state index in [0.717, 1.165) is 25.7 Å². The highest BCUT2D eigenvalue weighted by Gasteiger charge is 2.49. The average Bonchev–Trinajstić information content (AvgIpc) is 2.78. The summed E-state index contributed by atoms with van der Waals surface area (Å²) in [6.07, 6.45) is 9.11. The largest absolute Gasteiger partial charge is 0.514 e. The monoisotopic (exact) mass is 538 g/mol. The molecule has 0 aliphatic carbocycles. The standard InChI is InChI=1S/C18H42O6S4Si2/c1-9-11-13-15-17(29(19-3,20-4)21-5)25-27-28-26-18(16-14-12-10-2)30(22-6,23-7)24-8/h17-18H,9-16H2,1-8H3. The highest BCUT2D eigenvalue weighted by atomic mass is 33.7. The third kappa shape index (κ3) is 10.2. The predicted octanol–water partition coefficient (Wildman–Crippen LogP) is 6.40. The molecule has 0 spiro atoms. The minimum Gasteiger partial charge on any atom is -0.376 e. The molecule has 0 aromatic carbocycles. The summed E-state index contributed by atoms with van der Waals surface area (Å²) in [5.74, 6) is 0.